The van der Waals surface area contributed by atoms with E-state index in [2.05, 4.69) is 54.7 Å². The first kappa shape index (κ1) is 48.6. The van der Waals surface area contributed by atoms with Gasteiger partial charge in [0.1, 0.15) is 58.8 Å². The SMILES string of the molecule is Fc1c(-c2cccc3[nH]ncc23)ncc2c(N3CCCOCC3)nc(OCC34CCCN3CCC4)nc12.Nc1cc2ccccc2c(-c2ncc3c(N4CCCOCC4)nc(OCC45CCCN4CCC5)nc3c2F)n1. The summed E-state index contributed by atoms with van der Waals surface area (Å²) < 4.78 is 56.6. The van der Waals surface area contributed by atoms with E-state index in [1.807, 2.05) is 42.5 Å². The van der Waals surface area contributed by atoms with E-state index in [0.29, 0.717) is 92.2 Å². The van der Waals surface area contributed by atoms with Crippen molar-refractivity contribution in [1.82, 2.24) is 54.9 Å². The first-order chi connectivity index (χ1) is 37.3. The Hall–Kier alpha value is -7.00. The average molecular weight is 1030 g/mol. The topological polar surface area (TPSA) is 195 Å². The third kappa shape index (κ3) is 9.01. The Balaban J connectivity index is 0.000000146. The number of hydrogen-bond donors (Lipinski definition) is 2. The molecule has 14 rings (SSSR count). The minimum Gasteiger partial charge on any atom is -0.461 e. The second-order valence-corrected chi connectivity index (χ2v) is 21.1. The number of anilines is 3. The van der Waals surface area contributed by atoms with Gasteiger partial charge in [-0.05, 0) is 108 Å². The largest absolute Gasteiger partial charge is 0.461 e. The van der Waals surface area contributed by atoms with Gasteiger partial charge in [-0.15, -0.1) is 0 Å². The van der Waals surface area contributed by atoms with Crippen molar-refractivity contribution in [3.63, 3.8) is 0 Å². The standard InChI is InChI=1S/C29H32FN7O2.C27H30FN7O2/c30-23-24-21(17-32-26(23)25-20-7-2-1-6-19(20)16-22(31)33-25)27(36-10-5-14-38-15-13-36)35-28(34-24)39-18-29-8-3-11-37(29)12-4-9-29;28-22-23(18-5-1-6-21-19(18)16-30-33-21)29-15-20-24(22)31-26(32-25(20)34-9-4-13-36-14-12-34)37-17-27-7-2-10-35(27)11-3-8-27/h1-2,6-7,16-17H,3-5,8-15,18H2,(H2,31,33);1,5-6,15-16H,2-4,7-14,17H2,(H,30,33). The molecule has 6 aliphatic rings. The van der Waals surface area contributed by atoms with Crippen LogP contribution in [0.3, 0.4) is 0 Å². The van der Waals surface area contributed by atoms with Crippen LogP contribution in [0, 0.1) is 11.6 Å². The number of benzene rings is 2. The molecule has 76 heavy (non-hydrogen) atoms. The number of hydrogen-bond acceptors (Lipinski definition) is 17. The Morgan fingerprint density at radius 2 is 1.12 bits per heavy atom. The molecule has 0 bridgehead atoms. The van der Waals surface area contributed by atoms with Crippen LogP contribution in [0.15, 0.2) is 67.1 Å². The van der Waals surface area contributed by atoms with E-state index < -0.39 is 11.6 Å². The smallest absolute Gasteiger partial charge is 0.319 e. The molecule has 0 radical (unpaired) electrons. The van der Waals surface area contributed by atoms with Crippen molar-refractivity contribution in [2.45, 2.75) is 75.3 Å². The fourth-order valence-electron chi connectivity index (χ4n) is 12.8. The van der Waals surface area contributed by atoms with Crippen molar-refractivity contribution in [3.8, 4) is 34.7 Å². The second kappa shape index (κ2) is 20.5. The van der Waals surface area contributed by atoms with Crippen LogP contribution in [0.5, 0.6) is 12.0 Å². The monoisotopic (exact) mass is 1030 g/mol. The molecule has 0 amide bonds. The molecule has 12 heterocycles. The normalized spacial score (nSPS) is 19.7. The summed E-state index contributed by atoms with van der Waals surface area (Å²) in [4.78, 5) is 41.8. The number of nitrogens with one attached hydrogen (secondary N) is 1. The molecule has 0 saturated carbocycles. The van der Waals surface area contributed by atoms with Gasteiger partial charge < -0.3 is 34.5 Å². The van der Waals surface area contributed by atoms with Crippen LogP contribution in [-0.2, 0) is 9.47 Å². The highest BCUT2D eigenvalue weighted by Crippen LogP contribution is 2.42. The van der Waals surface area contributed by atoms with Gasteiger partial charge in [-0.1, -0.05) is 36.4 Å². The highest BCUT2D eigenvalue weighted by atomic mass is 19.1. The van der Waals surface area contributed by atoms with Crippen molar-refractivity contribution >= 4 is 60.9 Å². The predicted octanol–water partition coefficient (Wildman–Crippen LogP) is 8.14. The summed E-state index contributed by atoms with van der Waals surface area (Å²) in [6, 6.07) is 15.5. The Morgan fingerprint density at radius 3 is 1.72 bits per heavy atom. The maximum Gasteiger partial charge on any atom is 0.319 e. The van der Waals surface area contributed by atoms with Crippen molar-refractivity contribution in [3.05, 3.63) is 78.8 Å². The summed E-state index contributed by atoms with van der Waals surface area (Å²) >= 11 is 0. The minimum atomic E-state index is -0.558. The van der Waals surface area contributed by atoms with Gasteiger partial charge >= 0.3 is 12.0 Å². The molecule has 6 aliphatic heterocycles. The summed E-state index contributed by atoms with van der Waals surface area (Å²) in [5.41, 5.74) is 8.81. The first-order valence-corrected chi connectivity index (χ1v) is 27.0. The minimum absolute atomic E-state index is 0.0290. The summed E-state index contributed by atoms with van der Waals surface area (Å²) in [6.45, 7) is 10.8. The van der Waals surface area contributed by atoms with Gasteiger partial charge in [-0.2, -0.15) is 25.0 Å². The van der Waals surface area contributed by atoms with Crippen LogP contribution in [0.2, 0.25) is 0 Å². The highest BCUT2D eigenvalue weighted by Gasteiger charge is 2.46. The van der Waals surface area contributed by atoms with Crippen LogP contribution in [0.4, 0.5) is 26.2 Å². The Bertz CT molecular complexity index is 3420. The molecule has 18 nitrogen and oxygen atoms in total. The molecule has 6 fully saturated rings. The molecule has 0 spiro atoms. The molecule has 394 valence electrons. The number of halogens is 2. The average Bonchev–Trinajstić information content (AvgIpc) is 4.26. The van der Waals surface area contributed by atoms with Crippen molar-refractivity contribution in [1.29, 1.82) is 0 Å². The molecule has 0 atom stereocenters. The molecule has 2 aromatic carbocycles. The number of fused-ring (bicyclic) bond motifs is 6. The number of rotatable bonds is 10. The van der Waals surface area contributed by atoms with Crippen molar-refractivity contribution in [2.24, 2.45) is 0 Å². The molecule has 20 heteroatoms. The van der Waals surface area contributed by atoms with E-state index in [1.165, 1.54) is 25.7 Å². The molecule has 3 N–H and O–H groups in total. The maximum absolute atomic E-state index is 16.4. The van der Waals surface area contributed by atoms with Gasteiger partial charge in [0.2, 0.25) is 0 Å². The number of aromatic nitrogens is 9. The second-order valence-electron chi connectivity index (χ2n) is 21.1. The fourth-order valence-corrected chi connectivity index (χ4v) is 12.8. The van der Waals surface area contributed by atoms with Crippen LogP contribution >= 0.6 is 0 Å². The zero-order valence-electron chi connectivity index (χ0n) is 42.7. The molecular formula is C56H62F2N14O4. The lowest BCUT2D eigenvalue weighted by molar-refractivity contribution is 0.108. The van der Waals surface area contributed by atoms with Gasteiger partial charge in [-0.3, -0.25) is 24.9 Å². The Labute approximate surface area is 438 Å². The number of nitrogens with zero attached hydrogens (tertiary/aromatic N) is 12. The van der Waals surface area contributed by atoms with Gasteiger partial charge in [-0.25, -0.2) is 13.8 Å². The van der Waals surface area contributed by atoms with Crippen LogP contribution in [0.25, 0.3) is 66.1 Å². The number of H-pyrrole nitrogens is 1. The number of ether oxygens (including phenoxy) is 4. The number of pyridine rings is 3. The van der Waals surface area contributed by atoms with Gasteiger partial charge in [0, 0.05) is 68.1 Å². The molecule has 6 aromatic heterocycles. The zero-order chi connectivity index (χ0) is 51.2. The van der Waals surface area contributed by atoms with E-state index in [0.717, 1.165) is 99.5 Å². The van der Waals surface area contributed by atoms with Gasteiger partial charge in [0.15, 0.2) is 11.6 Å². The summed E-state index contributed by atoms with van der Waals surface area (Å²) in [7, 11) is 0. The Morgan fingerprint density at radius 1 is 0.553 bits per heavy atom. The number of nitrogen functional groups attached to an aromatic ring is 1. The van der Waals surface area contributed by atoms with Crippen LogP contribution in [0.1, 0.15) is 64.2 Å². The molecular weight excluding hydrogens is 971 g/mol. The highest BCUT2D eigenvalue weighted by molar-refractivity contribution is 5.99. The van der Waals surface area contributed by atoms with Crippen LogP contribution < -0.4 is 25.0 Å². The van der Waals surface area contributed by atoms with E-state index in [9.17, 15) is 0 Å². The lowest BCUT2D eigenvalue weighted by Crippen LogP contribution is -2.43. The van der Waals surface area contributed by atoms with Crippen LogP contribution in [-0.4, -0.2) is 158 Å². The first-order valence-electron chi connectivity index (χ1n) is 27.0. The van der Waals surface area contributed by atoms with E-state index in [1.54, 1.807) is 24.7 Å². The lowest BCUT2D eigenvalue weighted by Gasteiger charge is -2.31. The fraction of sp³-hybridized carbons (Fsp3) is 0.464. The lowest BCUT2D eigenvalue weighted by atomic mass is 9.95. The molecule has 8 aromatic rings. The van der Waals surface area contributed by atoms with Crippen molar-refractivity contribution < 1.29 is 27.7 Å². The molecule has 0 unspecified atom stereocenters. The molecule has 6 saturated heterocycles. The zero-order valence-corrected chi connectivity index (χ0v) is 42.7. The quantitative estimate of drug-likeness (QED) is 0.133. The Kier molecular flexibility index (Phi) is 13.1. The third-order valence-electron chi connectivity index (χ3n) is 16.6. The number of nitrogens with two attached hydrogens (primary N) is 1. The molecule has 0 aliphatic carbocycles. The van der Waals surface area contributed by atoms with Gasteiger partial charge in [0.25, 0.3) is 0 Å². The third-order valence-corrected chi connectivity index (χ3v) is 16.6. The van der Waals surface area contributed by atoms with E-state index in [4.69, 9.17) is 34.6 Å². The predicted molar refractivity (Wildman–Crippen MR) is 287 cm³/mol. The summed E-state index contributed by atoms with van der Waals surface area (Å²) in [6.07, 6.45) is 15.9. The number of aromatic amines is 1. The summed E-state index contributed by atoms with van der Waals surface area (Å²) in [5, 5.41) is 10.6. The van der Waals surface area contributed by atoms with Gasteiger partial charge in [0.05, 0.1) is 46.8 Å². The van der Waals surface area contributed by atoms with E-state index in [-0.39, 0.29) is 45.5 Å². The summed E-state index contributed by atoms with van der Waals surface area (Å²) in [5.74, 6) is 0.538. The maximum atomic E-state index is 16.4. The van der Waals surface area contributed by atoms with Crippen molar-refractivity contribution in [2.75, 3.05) is 108 Å². The van der Waals surface area contributed by atoms with E-state index >= 15 is 8.78 Å².